The standard InChI is InChI=1S/C10H18N2O2/c13-10-8-6-4-2-1-3-5-7-9-12(10)11-14/h1-9H2. The Labute approximate surface area is 84.6 Å². The molecule has 1 aliphatic rings. The number of rotatable bonds is 1. The van der Waals surface area contributed by atoms with Crippen molar-refractivity contribution in [3.8, 4) is 0 Å². The van der Waals surface area contributed by atoms with Crippen LogP contribution in [0.25, 0.3) is 0 Å². The third kappa shape index (κ3) is 3.85. The van der Waals surface area contributed by atoms with E-state index in [0.717, 1.165) is 30.7 Å². The van der Waals surface area contributed by atoms with E-state index >= 15 is 0 Å². The Morgan fingerprint density at radius 2 is 1.50 bits per heavy atom. The largest absolute Gasteiger partial charge is 0.273 e. The van der Waals surface area contributed by atoms with Crippen LogP contribution in [0.1, 0.15) is 51.4 Å². The number of amides is 1. The number of carbonyl (C=O) groups excluding carboxylic acids is 1. The van der Waals surface area contributed by atoms with Crippen LogP contribution in [-0.2, 0) is 4.79 Å². The van der Waals surface area contributed by atoms with Crippen LogP contribution in [0.15, 0.2) is 5.29 Å². The molecular formula is C10H18N2O2. The van der Waals surface area contributed by atoms with Gasteiger partial charge in [0.2, 0.25) is 5.91 Å². The number of nitrogens with zero attached hydrogens (tertiary/aromatic N) is 2. The van der Waals surface area contributed by atoms with Gasteiger partial charge in [-0.05, 0) is 12.8 Å². The van der Waals surface area contributed by atoms with Gasteiger partial charge >= 0.3 is 0 Å². The molecule has 0 saturated carbocycles. The summed E-state index contributed by atoms with van der Waals surface area (Å²) in [6.45, 7) is 0.502. The molecular weight excluding hydrogens is 180 g/mol. The fourth-order valence-corrected chi connectivity index (χ4v) is 1.76. The van der Waals surface area contributed by atoms with Crippen LogP contribution in [0.4, 0.5) is 0 Å². The minimum atomic E-state index is -0.109. The van der Waals surface area contributed by atoms with Gasteiger partial charge < -0.3 is 0 Å². The molecule has 1 rings (SSSR count). The van der Waals surface area contributed by atoms with Gasteiger partial charge in [-0.2, -0.15) is 5.01 Å². The SMILES string of the molecule is O=NN1CCCCCCCCCC1=O. The first-order valence-corrected chi connectivity index (χ1v) is 5.48. The maximum Gasteiger partial charge on any atom is 0.245 e. The molecule has 1 saturated heterocycles. The second-order valence-electron chi connectivity index (χ2n) is 3.82. The molecule has 1 aliphatic heterocycles. The molecule has 0 aromatic carbocycles. The van der Waals surface area contributed by atoms with Crippen molar-refractivity contribution >= 4 is 5.91 Å². The van der Waals surface area contributed by atoms with Crippen LogP contribution in [-0.4, -0.2) is 17.5 Å². The lowest BCUT2D eigenvalue weighted by Gasteiger charge is -2.11. The van der Waals surface area contributed by atoms with Gasteiger partial charge in [0.1, 0.15) is 0 Å². The van der Waals surface area contributed by atoms with Gasteiger partial charge in [-0.15, -0.1) is 4.91 Å². The van der Waals surface area contributed by atoms with E-state index in [1.165, 1.54) is 19.3 Å². The van der Waals surface area contributed by atoms with Crippen LogP contribution in [0.2, 0.25) is 0 Å². The van der Waals surface area contributed by atoms with Crippen LogP contribution in [0.5, 0.6) is 0 Å². The van der Waals surface area contributed by atoms with E-state index in [2.05, 4.69) is 5.29 Å². The number of carbonyl (C=O) groups is 1. The number of hydrogen-bond acceptors (Lipinski definition) is 3. The fraction of sp³-hybridized carbons (Fsp3) is 0.900. The van der Waals surface area contributed by atoms with Crippen molar-refractivity contribution in [3.05, 3.63) is 4.91 Å². The molecule has 14 heavy (non-hydrogen) atoms. The Balaban J connectivity index is 2.41. The van der Waals surface area contributed by atoms with Crippen molar-refractivity contribution in [1.29, 1.82) is 0 Å². The second kappa shape index (κ2) is 6.51. The van der Waals surface area contributed by atoms with E-state index in [4.69, 9.17) is 0 Å². The molecule has 4 nitrogen and oxygen atoms in total. The average Bonchev–Trinajstić information content (AvgIpc) is 2.24. The zero-order chi connectivity index (χ0) is 10.2. The first kappa shape index (κ1) is 11.1. The highest BCUT2D eigenvalue weighted by Gasteiger charge is 2.13. The third-order valence-corrected chi connectivity index (χ3v) is 2.65. The van der Waals surface area contributed by atoms with Gasteiger partial charge in [-0.1, -0.05) is 32.1 Å². The first-order chi connectivity index (χ1) is 6.84. The zero-order valence-corrected chi connectivity index (χ0v) is 8.57. The lowest BCUT2D eigenvalue weighted by atomic mass is 10.1. The van der Waals surface area contributed by atoms with Crippen molar-refractivity contribution < 1.29 is 4.79 Å². The number of nitroso groups, excluding NO2 is 1. The van der Waals surface area contributed by atoms with E-state index in [1.807, 2.05) is 0 Å². The van der Waals surface area contributed by atoms with Crippen LogP contribution in [0, 0.1) is 4.91 Å². The summed E-state index contributed by atoms with van der Waals surface area (Å²) in [6.07, 6.45) is 8.14. The van der Waals surface area contributed by atoms with E-state index < -0.39 is 0 Å². The molecule has 0 radical (unpaired) electrons. The highest BCUT2D eigenvalue weighted by atomic mass is 16.3. The predicted molar refractivity (Wildman–Crippen MR) is 54.4 cm³/mol. The lowest BCUT2D eigenvalue weighted by Crippen LogP contribution is -2.25. The van der Waals surface area contributed by atoms with E-state index in [9.17, 15) is 9.70 Å². The quantitative estimate of drug-likeness (QED) is 0.608. The molecule has 0 bridgehead atoms. The van der Waals surface area contributed by atoms with Crippen molar-refractivity contribution in [2.45, 2.75) is 51.4 Å². The Morgan fingerprint density at radius 1 is 0.929 bits per heavy atom. The maximum absolute atomic E-state index is 11.4. The van der Waals surface area contributed by atoms with Gasteiger partial charge in [-0.25, -0.2) is 0 Å². The Hall–Kier alpha value is -0.930. The summed E-state index contributed by atoms with van der Waals surface area (Å²) >= 11 is 0. The normalized spacial score (nSPS) is 21.4. The summed E-state index contributed by atoms with van der Waals surface area (Å²) in [7, 11) is 0. The van der Waals surface area contributed by atoms with E-state index in [1.54, 1.807) is 0 Å². The molecule has 0 spiro atoms. The van der Waals surface area contributed by atoms with Gasteiger partial charge in [-0.3, -0.25) is 4.79 Å². The number of hydrogen-bond donors (Lipinski definition) is 0. The summed E-state index contributed by atoms with van der Waals surface area (Å²) in [5.74, 6) is -0.109. The van der Waals surface area contributed by atoms with E-state index in [0.29, 0.717) is 13.0 Å². The molecule has 1 fully saturated rings. The Kier molecular flexibility index (Phi) is 5.19. The molecule has 0 atom stereocenters. The Bertz CT molecular complexity index is 195. The molecule has 1 amide bonds. The molecule has 0 N–H and O–H groups in total. The fourth-order valence-electron chi connectivity index (χ4n) is 1.76. The molecule has 4 heteroatoms. The summed E-state index contributed by atoms with van der Waals surface area (Å²) in [5.41, 5.74) is 0. The van der Waals surface area contributed by atoms with Gasteiger partial charge in [0, 0.05) is 13.0 Å². The van der Waals surface area contributed by atoms with E-state index in [-0.39, 0.29) is 5.91 Å². The molecule has 0 aromatic rings. The summed E-state index contributed by atoms with van der Waals surface area (Å²) in [5, 5.41) is 3.86. The maximum atomic E-state index is 11.4. The molecule has 1 heterocycles. The van der Waals surface area contributed by atoms with Crippen LogP contribution < -0.4 is 0 Å². The third-order valence-electron chi connectivity index (χ3n) is 2.65. The predicted octanol–water partition coefficient (Wildman–Crippen LogP) is 2.63. The average molecular weight is 198 g/mol. The summed E-state index contributed by atoms with van der Waals surface area (Å²) < 4.78 is 0. The molecule has 0 aliphatic carbocycles. The lowest BCUT2D eigenvalue weighted by molar-refractivity contribution is -0.131. The van der Waals surface area contributed by atoms with Gasteiger partial charge in [0.25, 0.3) is 0 Å². The smallest absolute Gasteiger partial charge is 0.245 e. The second-order valence-corrected chi connectivity index (χ2v) is 3.82. The van der Waals surface area contributed by atoms with Gasteiger partial charge in [0.05, 0.1) is 5.29 Å². The topological polar surface area (TPSA) is 49.7 Å². The molecule has 80 valence electrons. The summed E-state index contributed by atoms with van der Waals surface area (Å²) in [6, 6.07) is 0. The monoisotopic (exact) mass is 198 g/mol. The van der Waals surface area contributed by atoms with Crippen LogP contribution in [0.3, 0.4) is 0 Å². The van der Waals surface area contributed by atoms with Crippen molar-refractivity contribution in [2.75, 3.05) is 6.54 Å². The van der Waals surface area contributed by atoms with Gasteiger partial charge in [0.15, 0.2) is 0 Å². The van der Waals surface area contributed by atoms with Crippen molar-refractivity contribution in [2.24, 2.45) is 5.29 Å². The minimum Gasteiger partial charge on any atom is -0.273 e. The van der Waals surface area contributed by atoms with Crippen molar-refractivity contribution in [1.82, 2.24) is 5.01 Å². The first-order valence-electron chi connectivity index (χ1n) is 5.48. The minimum absolute atomic E-state index is 0.109. The zero-order valence-electron chi connectivity index (χ0n) is 8.57. The molecule has 0 aromatic heterocycles. The Morgan fingerprint density at radius 3 is 2.14 bits per heavy atom. The van der Waals surface area contributed by atoms with Crippen molar-refractivity contribution in [3.63, 3.8) is 0 Å². The summed E-state index contributed by atoms with van der Waals surface area (Å²) in [4.78, 5) is 21.8. The highest BCUT2D eigenvalue weighted by molar-refractivity contribution is 5.75. The van der Waals surface area contributed by atoms with Crippen LogP contribution >= 0.6 is 0 Å². The molecule has 0 unspecified atom stereocenters. The highest BCUT2D eigenvalue weighted by Crippen LogP contribution is 2.12.